The van der Waals surface area contributed by atoms with Crippen LogP contribution in [0.3, 0.4) is 0 Å². The fraction of sp³-hybridized carbons (Fsp3) is 0.188. The summed E-state index contributed by atoms with van der Waals surface area (Å²) in [5.74, 6) is -0.398. The number of benzene rings is 1. The number of anilines is 1. The molecule has 0 aliphatic rings. The fourth-order valence-electron chi connectivity index (χ4n) is 2.06. The van der Waals surface area contributed by atoms with E-state index in [4.69, 9.17) is 8.83 Å². The van der Waals surface area contributed by atoms with Crippen LogP contribution >= 0.6 is 15.9 Å². The summed E-state index contributed by atoms with van der Waals surface area (Å²) in [6.07, 6.45) is 0. The molecule has 0 spiro atoms. The summed E-state index contributed by atoms with van der Waals surface area (Å²) in [5.41, 5.74) is 0.431. The average Bonchev–Trinajstić information content (AvgIpc) is 3.24. The minimum atomic E-state index is -3.43. The molecule has 0 atom stereocenters. The van der Waals surface area contributed by atoms with Gasteiger partial charge in [0.15, 0.2) is 20.3 Å². The van der Waals surface area contributed by atoms with Gasteiger partial charge in [0, 0.05) is 5.56 Å². The van der Waals surface area contributed by atoms with Crippen molar-refractivity contribution in [2.75, 3.05) is 5.32 Å². The summed E-state index contributed by atoms with van der Waals surface area (Å²) in [6.45, 7) is 3.21. The van der Waals surface area contributed by atoms with E-state index in [-0.39, 0.29) is 22.6 Å². The number of hydrogen-bond acceptors (Lipinski definition) is 7. The molecule has 1 N–H and O–H groups in total. The van der Waals surface area contributed by atoms with Crippen LogP contribution in [0.2, 0.25) is 0 Å². The Balaban J connectivity index is 1.83. The Morgan fingerprint density at radius 2 is 1.92 bits per heavy atom. The molecule has 0 fully saturated rings. The topological polar surface area (TPSA) is 115 Å². The lowest BCUT2D eigenvalue weighted by atomic mass is 10.2. The van der Waals surface area contributed by atoms with Crippen molar-refractivity contribution in [3.8, 4) is 11.5 Å². The van der Waals surface area contributed by atoms with Gasteiger partial charge in [-0.3, -0.25) is 10.1 Å². The highest BCUT2D eigenvalue weighted by atomic mass is 79.9. The molecule has 3 rings (SSSR count). The smallest absolute Gasteiger partial charge is 0.322 e. The maximum atomic E-state index is 12.3. The third-order valence-corrected chi connectivity index (χ3v) is 6.05. The number of furan rings is 1. The molecule has 2 aromatic heterocycles. The summed E-state index contributed by atoms with van der Waals surface area (Å²) in [4.78, 5) is 12.2. The van der Waals surface area contributed by atoms with E-state index in [9.17, 15) is 13.2 Å². The SMILES string of the molecule is CC(C)S(=O)(=O)c1cccc(-c2nnc(NC(=O)c3ccc(Br)o3)o2)c1. The zero-order chi connectivity index (χ0) is 18.9. The van der Waals surface area contributed by atoms with Gasteiger partial charge in [0.1, 0.15) is 0 Å². The van der Waals surface area contributed by atoms with E-state index in [1.807, 2.05) is 0 Å². The second kappa shape index (κ2) is 7.04. The van der Waals surface area contributed by atoms with Crippen LogP contribution < -0.4 is 5.32 Å². The van der Waals surface area contributed by atoms with Gasteiger partial charge in [0.05, 0.1) is 10.1 Å². The van der Waals surface area contributed by atoms with Crippen LogP contribution in [-0.4, -0.2) is 29.8 Å². The molecular formula is C16H14BrN3O5S. The van der Waals surface area contributed by atoms with Gasteiger partial charge < -0.3 is 8.83 Å². The molecule has 10 heteroatoms. The van der Waals surface area contributed by atoms with Gasteiger partial charge >= 0.3 is 6.01 Å². The van der Waals surface area contributed by atoms with Crippen molar-refractivity contribution in [2.24, 2.45) is 0 Å². The number of rotatable bonds is 5. The third kappa shape index (κ3) is 3.70. The molecule has 2 heterocycles. The van der Waals surface area contributed by atoms with Gasteiger partial charge in [-0.1, -0.05) is 11.2 Å². The summed E-state index contributed by atoms with van der Waals surface area (Å²) in [6, 6.07) is 9.13. The van der Waals surface area contributed by atoms with Crippen LogP contribution in [0.15, 0.2) is 54.8 Å². The van der Waals surface area contributed by atoms with Crippen molar-refractivity contribution in [3.05, 3.63) is 46.8 Å². The van der Waals surface area contributed by atoms with Crippen molar-refractivity contribution < 1.29 is 22.0 Å². The quantitative estimate of drug-likeness (QED) is 0.645. The second-order valence-electron chi connectivity index (χ2n) is 5.59. The Bertz CT molecular complexity index is 1060. The number of aromatic nitrogens is 2. The molecule has 136 valence electrons. The molecule has 0 radical (unpaired) electrons. The number of nitrogens with one attached hydrogen (secondary N) is 1. The zero-order valence-corrected chi connectivity index (χ0v) is 16.2. The van der Waals surface area contributed by atoms with Gasteiger partial charge in [-0.2, -0.15) is 0 Å². The van der Waals surface area contributed by atoms with E-state index in [0.717, 1.165) is 0 Å². The molecule has 0 saturated heterocycles. The van der Waals surface area contributed by atoms with Crippen molar-refractivity contribution >= 4 is 37.7 Å². The number of nitrogens with zero attached hydrogens (tertiary/aromatic N) is 2. The van der Waals surface area contributed by atoms with Crippen LogP contribution in [0.5, 0.6) is 0 Å². The first-order valence-corrected chi connectivity index (χ1v) is 9.86. The first kappa shape index (κ1) is 18.3. The third-order valence-electron chi connectivity index (χ3n) is 3.47. The van der Waals surface area contributed by atoms with Crippen molar-refractivity contribution in [2.45, 2.75) is 24.0 Å². The van der Waals surface area contributed by atoms with Crippen LogP contribution in [-0.2, 0) is 9.84 Å². The number of halogens is 1. The van der Waals surface area contributed by atoms with Gasteiger partial charge in [-0.25, -0.2) is 8.42 Å². The van der Waals surface area contributed by atoms with E-state index >= 15 is 0 Å². The van der Waals surface area contributed by atoms with Gasteiger partial charge in [0.2, 0.25) is 5.89 Å². The molecule has 26 heavy (non-hydrogen) atoms. The molecule has 1 aromatic carbocycles. The molecule has 3 aromatic rings. The van der Waals surface area contributed by atoms with E-state index in [1.165, 1.54) is 18.2 Å². The van der Waals surface area contributed by atoms with Crippen LogP contribution in [0.1, 0.15) is 24.4 Å². The minimum Gasteiger partial charge on any atom is -0.444 e. The Morgan fingerprint density at radius 3 is 2.58 bits per heavy atom. The summed E-state index contributed by atoms with van der Waals surface area (Å²) in [7, 11) is -3.43. The van der Waals surface area contributed by atoms with Gasteiger partial charge in [0.25, 0.3) is 5.91 Å². The summed E-state index contributed by atoms with van der Waals surface area (Å²) >= 11 is 3.11. The standard InChI is InChI=1S/C16H14BrN3O5S/c1-9(2)26(22,23)11-5-3-4-10(8-11)15-19-20-16(25-15)18-14(21)12-6-7-13(17)24-12/h3-9H,1-2H3,(H,18,20,21). The molecule has 0 aliphatic carbocycles. The number of amides is 1. The molecular weight excluding hydrogens is 426 g/mol. The highest BCUT2D eigenvalue weighted by Gasteiger charge is 2.21. The van der Waals surface area contributed by atoms with Crippen molar-refractivity contribution in [1.29, 1.82) is 0 Å². The van der Waals surface area contributed by atoms with E-state index in [1.54, 1.807) is 32.0 Å². The lowest BCUT2D eigenvalue weighted by Crippen LogP contribution is -2.13. The van der Waals surface area contributed by atoms with E-state index in [0.29, 0.717) is 10.2 Å². The van der Waals surface area contributed by atoms with Gasteiger partial charge in [-0.05, 0) is 60.1 Å². The molecule has 8 nitrogen and oxygen atoms in total. The predicted octanol–water partition coefficient (Wildman–Crippen LogP) is 3.53. The summed E-state index contributed by atoms with van der Waals surface area (Å²) < 4.78 is 35.5. The highest BCUT2D eigenvalue weighted by molar-refractivity contribution is 9.10. The maximum absolute atomic E-state index is 12.3. The molecule has 0 saturated carbocycles. The van der Waals surface area contributed by atoms with Crippen molar-refractivity contribution in [3.63, 3.8) is 0 Å². The lowest BCUT2D eigenvalue weighted by molar-refractivity contribution is 0.0992. The van der Waals surface area contributed by atoms with Crippen molar-refractivity contribution in [1.82, 2.24) is 10.2 Å². The van der Waals surface area contributed by atoms with Crippen LogP contribution in [0.25, 0.3) is 11.5 Å². The number of carbonyl (C=O) groups is 1. The van der Waals surface area contributed by atoms with Gasteiger partial charge in [-0.15, -0.1) is 5.10 Å². The Morgan fingerprint density at radius 1 is 1.15 bits per heavy atom. The second-order valence-corrected chi connectivity index (χ2v) is 8.88. The maximum Gasteiger partial charge on any atom is 0.322 e. The summed E-state index contributed by atoms with van der Waals surface area (Å²) in [5, 5.41) is 9.44. The number of hydrogen-bond donors (Lipinski definition) is 1. The van der Waals surface area contributed by atoms with E-state index < -0.39 is 21.0 Å². The lowest BCUT2D eigenvalue weighted by Gasteiger charge is -2.08. The minimum absolute atomic E-state index is 0.0710. The molecule has 0 bridgehead atoms. The largest absolute Gasteiger partial charge is 0.444 e. The number of carbonyl (C=O) groups excluding carboxylic acids is 1. The number of sulfone groups is 1. The first-order chi connectivity index (χ1) is 12.3. The normalized spacial score (nSPS) is 11.7. The van der Waals surface area contributed by atoms with E-state index in [2.05, 4.69) is 31.4 Å². The van der Waals surface area contributed by atoms with Crippen LogP contribution in [0.4, 0.5) is 6.01 Å². The average molecular weight is 440 g/mol. The Kier molecular flexibility index (Phi) is 4.97. The fourth-order valence-corrected chi connectivity index (χ4v) is 3.47. The highest BCUT2D eigenvalue weighted by Crippen LogP contribution is 2.25. The Hall–Kier alpha value is -2.46. The predicted molar refractivity (Wildman–Crippen MR) is 96.4 cm³/mol. The monoisotopic (exact) mass is 439 g/mol. The molecule has 0 unspecified atom stereocenters. The molecule has 0 aliphatic heterocycles. The Labute approximate surface area is 157 Å². The van der Waals surface area contributed by atoms with Crippen LogP contribution in [0, 0.1) is 0 Å². The first-order valence-electron chi connectivity index (χ1n) is 7.52. The molecule has 1 amide bonds. The zero-order valence-electron chi connectivity index (χ0n) is 13.8.